The smallest absolute Gasteiger partial charge is 0.552 e. The molecule has 0 N–H and O–H groups in total. The molecule has 1 unspecified atom stereocenters. The molecule has 3 rings (SSSR count). The fourth-order valence-corrected chi connectivity index (χ4v) is 3.70. The molecular formula is C23H25N3O4PdS. The van der Waals surface area contributed by atoms with Crippen molar-refractivity contribution in [3.8, 4) is 11.4 Å². The number of pyridine rings is 2. The van der Waals surface area contributed by atoms with Crippen molar-refractivity contribution in [1.82, 2.24) is 9.97 Å². The average Bonchev–Trinajstić information content (AvgIpc) is 2.75. The van der Waals surface area contributed by atoms with Crippen molar-refractivity contribution >= 4 is 16.0 Å². The van der Waals surface area contributed by atoms with Crippen LogP contribution in [-0.2, 0) is 35.2 Å². The molecule has 0 saturated heterocycles. The van der Waals surface area contributed by atoms with Gasteiger partial charge in [0.2, 0.25) is 0 Å². The summed E-state index contributed by atoms with van der Waals surface area (Å²) in [6.45, 7) is 5.42. The standard InChI is InChI=1S/C13H18NO4S.C10H8N2.Pd/c1-9(2)8-12(13(15)16)14-19(17,18)11-6-4-10(3)5-7-11;1-3-7-11-9(5-1)10-6-2-4-8-12-10;/h4-7,9,12H,8H2,1-3H3,(H,15,16);1-8H;/q-1;;+2/p-1. The largest absolute Gasteiger partial charge is 2.00 e. The molecular weight excluding hydrogens is 521 g/mol. The zero-order valence-electron chi connectivity index (χ0n) is 18.0. The normalized spacial score (nSPS) is 11.6. The van der Waals surface area contributed by atoms with E-state index in [0.29, 0.717) is 0 Å². The van der Waals surface area contributed by atoms with Gasteiger partial charge in [-0.15, -0.1) is 0 Å². The van der Waals surface area contributed by atoms with E-state index in [2.05, 4.69) is 14.7 Å². The van der Waals surface area contributed by atoms with Crippen LogP contribution in [0.25, 0.3) is 16.1 Å². The number of aryl methyl sites for hydroxylation is 1. The quantitative estimate of drug-likeness (QED) is 0.421. The number of carboxylic acid groups (broad SMARTS) is 1. The molecule has 9 heteroatoms. The number of aliphatic carboxylic acids is 1. The maximum absolute atomic E-state index is 12.0. The third kappa shape index (κ3) is 8.97. The molecule has 0 bridgehead atoms. The number of hydrogen-bond acceptors (Lipinski definition) is 6. The number of carbonyl (C=O) groups is 1. The number of nitrogens with zero attached hydrogens (tertiary/aromatic N) is 3. The van der Waals surface area contributed by atoms with Gasteiger partial charge in [0.1, 0.15) is 10.0 Å². The summed E-state index contributed by atoms with van der Waals surface area (Å²) in [6.07, 6.45) is 3.67. The first-order chi connectivity index (χ1) is 14.7. The zero-order valence-corrected chi connectivity index (χ0v) is 20.4. The molecule has 172 valence electrons. The third-order valence-electron chi connectivity index (χ3n) is 4.14. The van der Waals surface area contributed by atoms with Crippen LogP contribution in [0.5, 0.6) is 0 Å². The molecule has 1 aromatic carbocycles. The van der Waals surface area contributed by atoms with Gasteiger partial charge in [-0.1, -0.05) is 56.1 Å². The van der Waals surface area contributed by atoms with Crippen LogP contribution in [0.4, 0.5) is 0 Å². The van der Waals surface area contributed by atoms with E-state index in [4.69, 9.17) is 0 Å². The van der Waals surface area contributed by atoms with Gasteiger partial charge in [-0.3, -0.25) is 9.97 Å². The Morgan fingerprint density at radius 3 is 1.81 bits per heavy atom. The number of rotatable bonds is 7. The average molecular weight is 546 g/mol. The van der Waals surface area contributed by atoms with Crippen molar-refractivity contribution < 1.29 is 38.7 Å². The van der Waals surface area contributed by atoms with Crippen molar-refractivity contribution in [2.24, 2.45) is 5.92 Å². The first-order valence-corrected chi connectivity index (χ1v) is 11.2. The van der Waals surface area contributed by atoms with Crippen LogP contribution in [0.2, 0.25) is 0 Å². The van der Waals surface area contributed by atoms with E-state index in [0.717, 1.165) is 17.0 Å². The van der Waals surface area contributed by atoms with Crippen LogP contribution < -0.4 is 5.11 Å². The Morgan fingerprint density at radius 2 is 1.44 bits per heavy atom. The van der Waals surface area contributed by atoms with Gasteiger partial charge in [0.25, 0.3) is 0 Å². The Hall–Kier alpha value is -2.44. The molecule has 7 nitrogen and oxygen atoms in total. The molecule has 0 amide bonds. The van der Waals surface area contributed by atoms with Gasteiger partial charge in [-0.05, 0) is 49.2 Å². The zero-order chi connectivity index (χ0) is 22.9. The summed E-state index contributed by atoms with van der Waals surface area (Å²) in [7, 11) is -3.96. The second-order valence-corrected chi connectivity index (χ2v) is 8.92. The molecule has 0 aliphatic heterocycles. The van der Waals surface area contributed by atoms with E-state index in [9.17, 15) is 18.3 Å². The summed E-state index contributed by atoms with van der Waals surface area (Å²) < 4.78 is 27.4. The Labute approximate surface area is 203 Å². The molecule has 0 aliphatic rings. The molecule has 0 saturated carbocycles. The molecule has 32 heavy (non-hydrogen) atoms. The molecule has 1 atom stereocenters. The van der Waals surface area contributed by atoms with Gasteiger partial charge in [0.05, 0.1) is 11.4 Å². The summed E-state index contributed by atoms with van der Waals surface area (Å²) in [6, 6.07) is 16.4. The Morgan fingerprint density at radius 1 is 0.938 bits per heavy atom. The minimum atomic E-state index is -3.96. The van der Waals surface area contributed by atoms with Crippen molar-refractivity contribution in [2.45, 2.75) is 38.1 Å². The van der Waals surface area contributed by atoms with Crippen molar-refractivity contribution in [3.63, 3.8) is 0 Å². The topological polar surface area (TPSA) is 114 Å². The predicted molar refractivity (Wildman–Crippen MR) is 117 cm³/mol. The van der Waals surface area contributed by atoms with E-state index >= 15 is 0 Å². The van der Waals surface area contributed by atoms with Crippen molar-refractivity contribution in [1.29, 1.82) is 0 Å². The SMILES string of the molecule is Cc1ccc(S(=O)(=O)[N-]C(CC(C)C)C(=O)[O-])cc1.[Pd+2].c1ccc(-c2ccccn2)nc1. The van der Waals surface area contributed by atoms with Crippen LogP contribution in [-0.4, -0.2) is 30.4 Å². The van der Waals surface area contributed by atoms with Gasteiger partial charge in [-0.2, -0.15) is 0 Å². The fraction of sp³-hybridized carbons (Fsp3) is 0.261. The summed E-state index contributed by atoms with van der Waals surface area (Å²) in [5, 5.41) is 10.9. The molecule has 0 radical (unpaired) electrons. The second-order valence-electron chi connectivity index (χ2n) is 7.29. The molecule has 3 aromatic rings. The molecule has 0 spiro atoms. The molecule has 2 heterocycles. The van der Waals surface area contributed by atoms with Crippen LogP contribution in [0.1, 0.15) is 25.8 Å². The van der Waals surface area contributed by atoms with Gasteiger partial charge in [-0.25, -0.2) is 8.42 Å². The predicted octanol–water partition coefficient (Wildman–Crippen LogP) is 3.36. The number of hydrogen-bond donors (Lipinski definition) is 0. The van der Waals surface area contributed by atoms with Crippen molar-refractivity contribution in [2.75, 3.05) is 0 Å². The first kappa shape index (κ1) is 27.6. The van der Waals surface area contributed by atoms with Crippen LogP contribution in [0, 0.1) is 12.8 Å². The molecule has 2 aromatic heterocycles. The van der Waals surface area contributed by atoms with E-state index in [1.165, 1.54) is 12.1 Å². The van der Waals surface area contributed by atoms with Crippen molar-refractivity contribution in [3.05, 3.63) is 83.3 Å². The Balaban J connectivity index is 0.000000338. The minimum Gasteiger partial charge on any atom is -0.552 e. The van der Waals surface area contributed by atoms with E-state index in [1.54, 1.807) is 38.4 Å². The molecule has 0 aliphatic carbocycles. The van der Waals surface area contributed by atoms with Gasteiger partial charge in [0, 0.05) is 23.3 Å². The van der Waals surface area contributed by atoms with Crippen LogP contribution in [0.15, 0.2) is 78.0 Å². The Kier molecular flexibility index (Phi) is 11.4. The monoisotopic (exact) mass is 545 g/mol. The minimum absolute atomic E-state index is 0. The molecule has 0 fully saturated rings. The summed E-state index contributed by atoms with van der Waals surface area (Å²) in [4.78, 5) is 19.3. The van der Waals surface area contributed by atoms with E-state index < -0.39 is 22.0 Å². The first-order valence-electron chi connectivity index (χ1n) is 9.76. The number of sulfonamides is 1. The maximum atomic E-state index is 12.0. The maximum Gasteiger partial charge on any atom is 2.00 e. The van der Waals surface area contributed by atoms with E-state index in [-0.39, 0.29) is 37.7 Å². The Bertz CT molecular complexity index is 1020. The van der Waals surface area contributed by atoms with Crippen LogP contribution >= 0.6 is 0 Å². The summed E-state index contributed by atoms with van der Waals surface area (Å²) in [5.41, 5.74) is 2.74. The number of carboxylic acids is 1. The number of carbonyl (C=O) groups excluding carboxylic acids is 1. The summed E-state index contributed by atoms with van der Waals surface area (Å²) in [5.74, 6) is -1.45. The fourth-order valence-electron chi connectivity index (χ4n) is 2.60. The number of aromatic nitrogens is 2. The van der Waals surface area contributed by atoms with Gasteiger partial charge in [0.15, 0.2) is 0 Å². The van der Waals surface area contributed by atoms with Crippen LogP contribution in [0.3, 0.4) is 0 Å². The van der Waals surface area contributed by atoms with E-state index in [1.807, 2.05) is 43.3 Å². The second kappa shape index (κ2) is 13.2. The number of benzene rings is 1. The van der Waals surface area contributed by atoms with Gasteiger partial charge < -0.3 is 14.6 Å². The summed E-state index contributed by atoms with van der Waals surface area (Å²) >= 11 is 0. The van der Waals surface area contributed by atoms with Gasteiger partial charge >= 0.3 is 20.4 Å². The third-order valence-corrected chi connectivity index (χ3v) is 5.54.